The molecule has 0 aromatic heterocycles. The summed E-state index contributed by atoms with van der Waals surface area (Å²) in [6, 6.07) is 9.37. The van der Waals surface area contributed by atoms with Crippen LogP contribution in [-0.2, 0) is 0 Å². The number of carbonyl (C=O) groups is 1. The van der Waals surface area contributed by atoms with E-state index < -0.39 is 0 Å². The standard InChI is InChI=1S/C13H10BrClN2O2/c14-9-3-2-8(15)6-11(9)17-13(19)7-1-4-10(16)12(18)5-7/h1-6,18H,16H2,(H,17,19). The predicted octanol–water partition coefficient (Wildman–Crippen LogP) is 3.64. The lowest BCUT2D eigenvalue weighted by molar-refractivity contribution is 0.102. The van der Waals surface area contributed by atoms with Crippen LogP contribution >= 0.6 is 27.5 Å². The molecule has 0 heterocycles. The molecular weight excluding hydrogens is 332 g/mol. The Morgan fingerprint density at radius 2 is 2.00 bits per heavy atom. The second-order valence-electron chi connectivity index (χ2n) is 3.85. The molecule has 0 atom stereocenters. The molecule has 0 saturated carbocycles. The summed E-state index contributed by atoms with van der Waals surface area (Å²) in [5.41, 5.74) is 6.56. The third-order valence-corrected chi connectivity index (χ3v) is 3.40. The number of hydrogen-bond donors (Lipinski definition) is 3. The molecule has 6 heteroatoms. The maximum absolute atomic E-state index is 12.0. The van der Waals surface area contributed by atoms with Crippen LogP contribution < -0.4 is 11.1 Å². The number of aromatic hydroxyl groups is 1. The van der Waals surface area contributed by atoms with Crippen molar-refractivity contribution in [2.24, 2.45) is 0 Å². The number of nitrogen functional groups attached to an aromatic ring is 1. The average molecular weight is 342 g/mol. The molecule has 0 fully saturated rings. The largest absolute Gasteiger partial charge is 0.506 e. The van der Waals surface area contributed by atoms with Crippen molar-refractivity contribution < 1.29 is 9.90 Å². The Labute approximate surface area is 123 Å². The van der Waals surface area contributed by atoms with E-state index in [1.54, 1.807) is 18.2 Å². The first-order valence-electron chi connectivity index (χ1n) is 5.32. The molecule has 2 aromatic rings. The molecule has 0 unspecified atom stereocenters. The van der Waals surface area contributed by atoms with Gasteiger partial charge in [0.15, 0.2) is 0 Å². The van der Waals surface area contributed by atoms with Crippen LogP contribution in [0.25, 0.3) is 0 Å². The molecule has 0 aliphatic carbocycles. The lowest BCUT2D eigenvalue weighted by Gasteiger charge is -2.08. The van der Waals surface area contributed by atoms with E-state index in [0.717, 1.165) is 0 Å². The highest BCUT2D eigenvalue weighted by Crippen LogP contribution is 2.27. The van der Waals surface area contributed by atoms with Gasteiger partial charge in [0, 0.05) is 15.1 Å². The minimum atomic E-state index is -0.363. The highest BCUT2D eigenvalue weighted by atomic mass is 79.9. The van der Waals surface area contributed by atoms with Crippen molar-refractivity contribution in [3.05, 3.63) is 51.5 Å². The van der Waals surface area contributed by atoms with Crippen molar-refractivity contribution in [3.63, 3.8) is 0 Å². The summed E-state index contributed by atoms with van der Waals surface area (Å²) >= 11 is 9.18. The van der Waals surface area contributed by atoms with Crippen LogP contribution in [-0.4, -0.2) is 11.0 Å². The van der Waals surface area contributed by atoms with Crippen LogP contribution in [0.3, 0.4) is 0 Å². The van der Waals surface area contributed by atoms with Gasteiger partial charge in [-0.2, -0.15) is 0 Å². The molecule has 0 aliphatic heterocycles. The highest BCUT2D eigenvalue weighted by Gasteiger charge is 2.10. The van der Waals surface area contributed by atoms with E-state index >= 15 is 0 Å². The molecule has 0 bridgehead atoms. The monoisotopic (exact) mass is 340 g/mol. The fourth-order valence-corrected chi connectivity index (χ4v) is 1.99. The number of hydrogen-bond acceptors (Lipinski definition) is 3. The fraction of sp³-hybridized carbons (Fsp3) is 0. The third-order valence-electron chi connectivity index (χ3n) is 2.47. The van der Waals surface area contributed by atoms with Crippen LogP contribution in [0.4, 0.5) is 11.4 Å². The van der Waals surface area contributed by atoms with E-state index in [1.807, 2.05) is 0 Å². The third kappa shape index (κ3) is 3.19. The Hall–Kier alpha value is -1.72. The summed E-state index contributed by atoms with van der Waals surface area (Å²) in [4.78, 5) is 12.0. The lowest BCUT2D eigenvalue weighted by Crippen LogP contribution is -2.12. The Morgan fingerprint density at radius 3 is 2.68 bits per heavy atom. The van der Waals surface area contributed by atoms with Crippen molar-refractivity contribution >= 4 is 44.8 Å². The topological polar surface area (TPSA) is 75.4 Å². The van der Waals surface area contributed by atoms with Crippen LogP contribution in [0.2, 0.25) is 5.02 Å². The zero-order valence-electron chi connectivity index (χ0n) is 9.65. The van der Waals surface area contributed by atoms with Crippen LogP contribution in [0.5, 0.6) is 5.75 Å². The van der Waals surface area contributed by atoms with E-state index in [2.05, 4.69) is 21.2 Å². The molecule has 0 radical (unpaired) electrons. The Kier molecular flexibility index (Phi) is 3.97. The number of carbonyl (C=O) groups excluding carboxylic acids is 1. The molecule has 4 nitrogen and oxygen atoms in total. The Morgan fingerprint density at radius 1 is 1.26 bits per heavy atom. The first-order chi connectivity index (χ1) is 8.97. The summed E-state index contributed by atoms with van der Waals surface area (Å²) in [5, 5.41) is 12.7. The molecule has 0 spiro atoms. The van der Waals surface area contributed by atoms with Gasteiger partial charge in [0.05, 0.1) is 11.4 Å². The fourth-order valence-electron chi connectivity index (χ4n) is 1.47. The van der Waals surface area contributed by atoms with Gasteiger partial charge in [-0.05, 0) is 52.3 Å². The average Bonchev–Trinajstić information content (AvgIpc) is 2.37. The number of phenols is 1. The van der Waals surface area contributed by atoms with Gasteiger partial charge >= 0.3 is 0 Å². The normalized spacial score (nSPS) is 10.2. The second kappa shape index (κ2) is 5.50. The Balaban J connectivity index is 2.25. The summed E-state index contributed by atoms with van der Waals surface area (Å²) in [6.45, 7) is 0. The molecule has 19 heavy (non-hydrogen) atoms. The molecule has 98 valence electrons. The predicted molar refractivity (Wildman–Crippen MR) is 79.6 cm³/mol. The molecule has 4 N–H and O–H groups in total. The van der Waals surface area contributed by atoms with Gasteiger partial charge in [0.2, 0.25) is 0 Å². The second-order valence-corrected chi connectivity index (χ2v) is 5.14. The number of benzene rings is 2. The van der Waals surface area contributed by atoms with Gasteiger partial charge in [-0.15, -0.1) is 0 Å². The van der Waals surface area contributed by atoms with E-state index in [4.69, 9.17) is 17.3 Å². The van der Waals surface area contributed by atoms with E-state index in [-0.39, 0.29) is 17.3 Å². The zero-order valence-corrected chi connectivity index (χ0v) is 12.0. The van der Waals surface area contributed by atoms with Crippen LogP contribution in [0.15, 0.2) is 40.9 Å². The molecule has 0 saturated heterocycles. The number of phenolic OH excluding ortho intramolecular Hbond substituents is 1. The van der Waals surface area contributed by atoms with Crippen molar-refractivity contribution in [2.75, 3.05) is 11.1 Å². The van der Waals surface area contributed by atoms with Gasteiger partial charge < -0.3 is 16.2 Å². The quantitative estimate of drug-likeness (QED) is 0.576. The molecule has 2 rings (SSSR count). The summed E-state index contributed by atoms with van der Waals surface area (Å²) in [5.74, 6) is -0.490. The number of nitrogens with one attached hydrogen (secondary N) is 1. The van der Waals surface area contributed by atoms with E-state index in [1.165, 1.54) is 18.2 Å². The maximum Gasteiger partial charge on any atom is 0.255 e. The van der Waals surface area contributed by atoms with Gasteiger partial charge in [-0.25, -0.2) is 0 Å². The van der Waals surface area contributed by atoms with Gasteiger partial charge in [0.1, 0.15) is 5.75 Å². The summed E-state index contributed by atoms with van der Waals surface area (Å²) < 4.78 is 0.713. The van der Waals surface area contributed by atoms with Crippen molar-refractivity contribution in [2.45, 2.75) is 0 Å². The van der Waals surface area contributed by atoms with E-state index in [9.17, 15) is 9.90 Å². The van der Waals surface area contributed by atoms with Gasteiger partial charge in [-0.1, -0.05) is 11.6 Å². The van der Waals surface area contributed by atoms with Crippen molar-refractivity contribution in [1.82, 2.24) is 0 Å². The highest BCUT2D eigenvalue weighted by molar-refractivity contribution is 9.10. The number of rotatable bonds is 2. The molecule has 0 aliphatic rings. The van der Waals surface area contributed by atoms with Crippen molar-refractivity contribution in [3.8, 4) is 5.75 Å². The van der Waals surface area contributed by atoms with Crippen LogP contribution in [0, 0.1) is 0 Å². The van der Waals surface area contributed by atoms with Gasteiger partial charge in [-0.3, -0.25) is 4.79 Å². The molecule has 1 amide bonds. The summed E-state index contributed by atoms with van der Waals surface area (Å²) in [7, 11) is 0. The number of halogens is 2. The summed E-state index contributed by atoms with van der Waals surface area (Å²) in [6.07, 6.45) is 0. The smallest absolute Gasteiger partial charge is 0.255 e. The first kappa shape index (κ1) is 13.7. The Bertz CT molecular complexity index is 647. The minimum Gasteiger partial charge on any atom is -0.506 e. The zero-order chi connectivity index (χ0) is 14.0. The maximum atomic E-state index is 12.0. The van der Waals surface area contributed by atoms with Gasteiger partial charge in [0.25, 0.3) is 5.91 Å². The first-order valence-corrected chi connectivity index (χ1v) is 6.49. The number of amides is 1. The minimum absolute atomic E-state index is 0.127. The molecule has 2 aromatic carbocycles. The van der Waals surface area contributed by atoms with Crippen LogP contribution in [0.1, 0.15) is 10.4 Å². The number of nitrogens with two attached hydrogens (primary N) is 1. The SMILES string of the molecule is Nc1ccc(C(=O)Nc2cc(Cl)ccc2Br)cc1O. The van der Waals surface area contributed by atoms with E-state index in [0.29, 0.717) is 20.7 Å². The molecular formula is C13H10BrClN2O2. The lowest BCUT2D eigenvalue weighted by atomic mass is 10.1. The van der Waals surface area contributed by atoms with Crippen molar-refractivity contribution in [1.29, 1.82) is 0 Å². The number of anilines is 2.